The van der Waals surface area contributed by atoms with Gasteiger partial charge in [0.05, 0.1) is 11.9 Å². The molecule has 3 rings (SSSR count). The second-order valence-electron chi connectivity index (χ2n) is 7.10. The molecule has 0 unspecified atom stereocenters. The third-order valence-electron chi connectivity index (χ3n) is 5.60. The first kappa shape index (κ1) is 19.3. The van der Waals surface area contributed by atoms with Crippen molar-refractivity contribution in [3.05, 3.63) is 41.4 Å². The molecule has 2 aliphatic rings. The van der Waals surface area contributed by atoms with Crippen molar-refractivity contribution in [2.75, 3.05) is 43.9 Å². The van der Waals surface area contributed by atoms with E-state index in [9.17, 15) is 0 Å². The average Bonchev–Trinajstić information content (AvgIpc) is 3.36. The first-order valence-corrected chi connectivity index (χ1v) is 9.92. The summed E-state index contributed by atoms with van der Waals surface area (Å²) in [7, 11) is 4.12. The summed E-state index contributed by atoms with van der Waals surface area (Å²) in [5.41, 5.74) is 4.94. The molecule has 1 aromatic heterocycles. The number of likely N-dealkylation sites (tertiary alicyclic amines) is 1. The van der Waals surface area contributed by atoms with Crippen LogP contribution >= 0.6 is 0 Å². The van der Waals surface area contributed by atoms with Crippen LogP contribution in [0.15, 0.2) is 40.8 Å². The zero-order valence-electron chi connectivity index (χ0n) is 17.2. The Morgan fingerprint density at radius 2 is 2.26 bits per heavy atom. The van der Waals surface area contributed by atoms with Crippen molar-refractivity contribution in [3.8, 4) is 0 Å². The van der Waals surface area contributed by atoms with E-state index in [4.69, 9.17) is 0 Å². The lowest BCUT2D eigenvalue weighted by atomic mass is 10.1. The van der Waals surface area contributed by atoms with Crippen LogP contribution in [-0.4, -0.2) is 55.5 Å². The molecule has 2 N–H and O–H groups in total. The summed E-state index contributed by atoms with van der Waals surface area (Å²) in [6.45, 7) is 9.32. The van der Waals surface area contributed by atoms with Crippen LogP contribution in [0.5, 0.6) is 0 Å². The van der Waals surface area contributed by atoms with Gasteiger partial charge in [0.2, 0.25) is 0 Å². The van der Waals surface area contributed by atoms with Crippen molar-refractivity contribution in [2.45, 2.75) is 39.7 Å². The first-order valence-electron chi connectivity index (χ1n) is 9.92. The van der Waals surface area contributed by atoms with Crippen LogP contribution in [0.1, 0.15) is 32.8 Å². The lowest BCUT2D eigenvalue weighted by Gasteiger charge is -2.27. The Bertz CT molecular complexity index is 764. The summed E-state index contributed by atoms with van der Waals surface area (Å²) < 4.78 is 0. The Hall–Kier alpha value is -2.50. The normalized spacial score (nSPS) is 22.3. The maximum atomic E-state index is 4.68. The van der Waals surface area contributed by atoms with Crippen molar-refractivity contribution in [2.24, 2.45) is 4.99 Å². The third-order valence-corrected chi connectivity index (χ3v) is 5.60. The zero-order chi connectivity index (χ0) is 19.4. The molecule has 0 radical (unpaired) electrons. The van der Waals surface area contributed by atoms with Crippen LogP contribution in [0.3, 0.4) is 0 Å². The molecule has 6 nitrogen and oxygen atoms in total. The minimum atomic E-state index is 0.461. The number of anilines is 2. The van der Waals surface area contributed by atoms with Crippen LogP contribution in [0.2, 0.25) is 0 Å². The monoisotopic (exact) mass is 368 g/mol. The van der Waals surface area contributed by atoms with E-state index < -0.39 is 0 Å². The summed E-state index contributed by atoms with van der Waals surface area (Å²) in [6, 6.07) is 2.68. The number of hydrogen-bond acceptors (Lipinski definition) is 5. The number of pyridine rings is 1. The van der Waals surface area contributed by atoms with Gasteiger partial charge in [-0.3, -0.25) is 4.99 Å². The highest BCUT2D eigenvalue weighted by Crippen LogP contribution is 2.27. The molecule has 2 aliphatic heterocycles. The molecule has 146 valence electrons. The van der Waals surface area contributed by atoms with E-state index in [2.05, 4.69) is 70.4 Å². The second-order valence-corrected chi connectivity index (χ2v) is 7.10. The number of aliphatic imine (C=N–C) groups is 1. The topological polar surface area (TPSA) is 55.8 Å². The summed E-state index contributed by atoms with van der Waals surface area (Å²) in [5.74, 6) is 2.04. The van der Waals surface area contributed by atoms with E-state index in [-0.39, 0.29) is 0 Å². The van der Waals surface area contributed by atoms with Crippen molar-refractivity contribution < 1.29 is 0 Å². The van der Waals surface area contributed by atoms with Crippen LogP contribution in [0.4, 0.5) is 11.5 Å². The Morgan fingerprint density at radius 1 is 1.44 bits per heavy atom. The van der Waals surface area contributed by atoms with Gasteiger partial charge in [0.15, 0.2) is 0 Å². The third kappa shape index (κ3) is 3.94. The van der Waals surface area contributed by atoms with Gasteiger partial charge in [-0.1, -0.05) is 6.92 Å². The molecule has 0 spiro atoms. The Balaban J connectivity index is 1.74. The van der Waals surface area contributed by atoms with Gasteiger partial charge in [0.25, 0.3) is 0 Å². The predicted molar refractivity (Wildman–Crippen MR) is 114 cm³/mol. The molecule has 1 aromatic rings. The van der Waals surface area contributed by atoms with Gasteiger partial charge in [-0.15, -0.1) is 0 Å². The minimum absolute atomic E-state index is 0.461. The van der Waals surface area contributed by atoms with Gasteiger partial charge >= 0.3 is 0 Å². The fourth-order valence-electron chi connectivity index (χ4n) is 3.86. The number of likely N-dealkylation sites (N-methyl/N-ethyl adjacent to an activating group) is 1. The van der Waals surface area contributed by atoms with E-state index in [1.807, 2.05) is 19.4 Å². The minimum Gasteiger partial charge on any atom is -0.387 e. The lowest BCUT2D eigenvalue weighted by molar-refractivity contribution is 0.417. The molecule has 0 bridgehead atoms. The molecular weight excluding hydrogens is 336 g/mol. The van der Waals surface area contributed by atoms with Crippen molar-refractivity contribution >= 4 is 17.3 Å². The Morgan fingerprint density at radius 3 is 2.96 bits per heavy atom. The fraction of sp³-hybridized carbons (Fsp3) is 0.524. The number of allylic oxidation sites excluding steroid dienone is 1. The molecule has 0 saturated carbocycles. The number of aryl methyl sites for hydroxylation is 1. The van der Waals surface area contributed by atoms with E-state index in [0.29, 0.717) is 6.04 Å². The standard InChI is InChI=1S/C21H32N6/c1-6-16-12-20(25-13-19(16)22-4)26(5)17-9-11-27(14-17)15(3)18-8-10-24-21(18)23-7-2/h8,10,12-13,17,22H,6-7,9,11,14H2,1-5H3,(H,23,24)/b18-15+/t17-/m1/s1. The highest BCUT2D eigenvalue weighted by atomic mass is 15.3. The van der Waals surface area contributed by atoms with Gasteiger partial charge in [-0.05, 0) is 44.4 Å². The van der Waals surface area contributed by atoms with E-state index in [1.54, 1.807) is 0 Å². The quantitative estimate of drug-likeness (QED) is 0.808. The lowest BCUT2D eigenvalue weighted by Crippen LogP contribution is -2.35. The summed E-state index contributed by atoms with van der Waals surface area (Å²) in [5, 5.41) is 6.48. The number of nitrogens with zero attached hydrogens (tertiary/aromatic N) is 4. The fourth-order valence-corrected chi connectivity index (χ4v) is 3.86. The molecule has 1 atom stereocenters. The summed E-state index contributed by atoms with van der Waals surface area (Å²) in [4.78, 5) is 14.1. The molecule has 27 heavy (non-hydrogen) atoms. The van der Waals surface area contributed by atoms with Gasteiger partial charge in [0.1, 0.15) is 11.7 Å². The number of hydrogen-bond donors (Lipinski definition) is 2. The van der Waals surface area contributed by atoms with Crippen LogP contribution < -0.4 is 15.5 Å². The Labute approximate surface area is 163 Å². The van der Waals surface area contributed by atoms with Crippen LogP contribution in [-0.2, 0) is 6.42 Å². The highest BCUT2D eigenvalue weighted by molar-refractivity contribution is 6.04. The average molecular weight is 369 g/mol. The molecule has 6 heteroatoms. The Kier molecular flexibility index (Phi) is 6.04. The van der Waals surface area contributed by atoms with Gasteiger partial charge < -0.3 is 20.4 Å². The van der Waals surface area contributed by atoms with Gasteiger partial charge in [-0.25, -0.2) is 4.98 Å². The number of rotatable bonds is 6. The van der Waals surface area contributed by atoms with E-state index >= 15 is 0 Å². The van der Waals surface area contributed by atoms with Crippen molar-refractivity contribution in [1.82, 2.24) is 15.2 Å². The van der Waals surface area contributed by atoms with E-state index in [0.717, 1.165) is 49.8 Å². The second kappa shape index (κ2) is 8.46. The number of nitrogens with one attached hydrogen (secondary N) is 2. The van der Waals surface area contributed by atoms with Crippen LogP contribution in [0, 0.1) is 0 Å². The smallest absolute Gasteiger partial charge is 0.134 e. The van der Waals surface area contributed by atoms with Crippen molar-refractivity contribution in [3.63, 3.8) is 0 Å². The maximum absolute atomic E-state index is 4.68. The highest BCUT2D eigenvalue weighted by Gasteiger charge is 2.28. The maximum Gasteiger partial charge on any atom is 0.134 e. The number of aromatic nitrogens is 1. The summed E-state index contributed by atoms with van der Waals surface area (Å²) in [6.07, 6.45) is 8.20. The molecule has 1 fully saturated rings. The largest absolute Gasteiger partial charge is 0.387 e. The summed E-state index contributed by atoms with van der Waals surface area (Å²) >= 11 is 0. The molecular formula is C21H32N6. The molecule has 3 heterocycles. The molecule has 0 aromatic carbocycles. The van der Waals surface area contributed by atoms with Crippen molar-refractivity contribution in [1.29, 1.82) is 0 Å². The van der Waals surface area contributed by atoms with E-state index in [1.165, 1.54) is 16.8 Å². The first-order chi connectivity index (χ1) is 13.1. The molecule has 0 aliphatic carbocycles. The van der Waals surface area contributed by atoms with Gasteiger partial charge in [0, 0.05) is 57.2 Å². The van der Waals surface area contributed by atoms with Gasteiger partial charge in [-0.2, -0.15) is 0 Å². The number of amidine groups is 1. The predicted octanol–water partition coefficient (Wildman–Crippen LogP) is 3.01. The van der Waals surface area contributed by atoms with Crippen LogP contribution in [0.25, 0.3) is 0 Å². The molecule has 1 saturated heterocycles. The zero-order valence-corrected chi connectivity index (χ0v) is 17.2. The SMILES string of the molecule is CC/N=C1/NC=C/C1=C(/C)N1CC[C@@H](N(C)c2cc(CC)c(NC)cn2)C1. The molecule has 0 amide bonds.